The van der Waals surface area contributed by atoms with Crippen molar-refractivity contribution in [1.29, 1.82) is 0 Å². The van der Waals surface area contributed by atoms with Crippen LogP contribution in [0.25, 0.3) is 12.2 Å². The summed E-state index contributed by atoms with van der Waals surface area (Å²) in [4.78, 5) is 34.9. The Bertz CT molecular complexity index is 1050. The van der Waals surface area contributed by atoms with E-state index in [0.29, 0.717) is 22.3 Å². The minimum atomic E-state index is -0.412. The van der Waals surface area contributed by atoms with Gasteiger partial charge in [0, 0.05) is 48.9 Å². The zero-order valence-corrected chi connectivity index (χ0v) is 18.5. The Morgan fingerprint density at radius 3 is 2.58 bits per heavy atom. The number of nitrogens with one attached hydrogen (secondary N) is 2. The number of oxazole rings is 1. The van der Waals surface area contributed by atoms with Crippen molar-refractivity contribution in [3.05, 3.63) is 58.8 Å². The van der Waals surface area contributed by atoms with Crippen molar-refractivity contribution in [3.8, 4) is 0 Å². The van der Waals surface area contributed by atoms with Crippen LogP contribution in [0.3, 0.4) is 0 Å². The summed E-state index contributed by atoms with van der Waals surface area (Å²) in [5.74, 6) is 1.33. The van der Waals surface area contributed by atoms with Gasteiger partial charge in [-0.2, -0.15) is 0 Å². The minimum absolute atomic E-state index is 0.0960. The first-order chi connectivity index (χ1) is 14.9. The second-order valence-electron chi connectivity index (χ2n) is 7.03. The molecule has 2 heterocycles. The molecule has 0 aliphatic carbocycles. The zero-order valence-electron chi connectivity index (χ0n) is 17.7. The number of amides is 3. The number of unbranched alkanes of at least 4 members (excludes halogenated alkanes) is 1. The van der Waals surface area contributed by atoms with Crippen molar-refractivity contribution < 1.29 is 14.0 Å². The number of benzene rings is 1. The van der Waals surface area contributed by atoms with E-state index in [9.17, 15) is 9.59 Å². The summed E-state index contributed by atoms with van der Waals surface area (Å²) in [7, 11) is 3.38. The SMILES string of the molecule is CCCCc1cnc(C=Cc2cnc(NC(=O)Nc3ccc(C(=O)N(C)C)cc3)s2)o1. The Kier molecular flexibility index (Phi) is 7.55. The van der Waals surface area contributed by atoms with E-state index in [2.05, 4.69) is 27.5 Å². The average molecular weight is 440 g/mol. The van der Waals surface area contributed by atoms with Crippen LogP contribution in [0.2, 0.25) is 0 Å². The predicted octanol–water partition coefficient (Wildman–Crippen LogP) is 4.99. The molecule has 0 atom stereocenters. The Morgan fingerprint density at radius 2 is 1.87 bits per heavy atom. The molecule has 3 aromatic rings. The van der Waals surface area contributed by atoms with Crippen molar-refractivity contribution in [2.24, 2.45) is 0 Å². The van der Waals surface area contributed by atoms with Gasteiger partial charge in [0.1, 0.15) is 5.76 Å². The highest BCUT2D eigenvalue weighted by Crippen LogP contribution is 2.21. The third-order valence-electron chi connectivity index (χ3n) is 4.28. The maximum absolute atomic E-state index is 12.2. The number of aryl methyl sites for hydroxylation is 1. The molecule has 3 rings (SSSR count). The summed E-state index contributed by atoms with van der Waals surface area (Å²) in [5.41, 5.74) is 1.13. The fourth-order valence-electron chi connectivity index (χ4n) is 2.65. The van der Waals surface area contributed by atoms with E-state index in [1.165, 1.54) is 16.2 Å². The molecule has 0 aliphatic heterocycles. The predicted molar refractivity (Wildman–Crippen MR) is 123 cm³/mol. The summed E-state index contributed by atoms with van der Waals surface area (Å²) in [6, 6.07) is 6.28. The van der Waals surface area contributed by atoms with Crippen LogP contribution >= 0.6 is 11.3 Å². The fourth-order valence-corrected chi connectivity index (χ4v) is 3.37. The van der Waals surface area contributed by atoms with Gasteiger partial charge in [0.2, 0.25) is 5.89 Å². The normalized spacial score (nSPS) is 10.9. The molecule has 0 radical (unpaired) electrons. The summed E-state index contributed by atoms with van der Waals surface area (Å²) >= 11 is 1.33. The van der Waals surface area contributed by atoms with E-state index in [0.717, 1.165) is 29.9 Å². The van der Waals surface area contributed by atoms with Crippen LogP contribution < -0.4 is 10.6 Å². The van der Waals surface area contributed by atoms with Gasteiger partial charge < -0.3 is 14.6 Å². The largest absolute Gasteiger partial charge is 0.442 e. The second-order valence-corrected chi connectivity index (χ2v) is 8.09. The fraction of sp³-hybridized carbons (Fsp3) is 0.273. The van der Waals surface area contributed by atoms with Gasteiger partial charge >= 0.3 is 6.03 Å². The number of hydrogen-bond donors (Lipinski definition) is 2. The van der Waals surface area contributed by atoms with E-state index in [1.807, 2.05) is 6.08 Å². The van der Waals surface area contributed by atoms with Crippen LogP contribution in [0.1, 0.15) is 46.7 Å². The van der Waals surface area contributed by atoms with Crippen molar-refractivity contribution in [2.75, 3.05) is 24.7 Å². The van der Waals surface area contributed by atoms with Gasteiger partial charge in [-0.15, -0.1) is 0 Å². The zero-order chi connectivity index (χ0) is 22.2. The summed E-state index contributed by atoms with van der Waals surface area (Å²) in [5, 5.41) is 5.89. The van der Waals surface area contributed by atoms with Gasteiger partial charge in [-0.05, 0) is 36.8 Å². The van der Waals surface area contributed by atoms with Crippen molar-refractivity contribution in [1.82, 2.24) is 14.9 Å². The number of rotatable bonds is 8. The lowest BCUT2D eigenvalue weighted by Gasteiger charge is -2.11. The average Bonchev–Trinajstić information content (AvgIpc) is 3.39. The maximum atomic E-state index is 12.2. The van der Waals surface area contributed by atoms with Gasteiger partial charge in [-0.25, -0.2) is 14.8 Å². The Balaban J connectivity index is 1.52. The number of anilines is 2. The first kappa shape index (κ1) is 22.2. The molecule has 2 aromatic heterocycles. The number of nitrogens with zero attached hydrogens (tertiary/aromatic N) is 3. The van der Waals surface area contributed by atoms with E-state index in [-0.39, 0.29) is 5.91 Å². The van der Waals surface area contributed by atoms with Crippen molar-refractivity contribution in [3.63, 3.8) is 0 Å². The monoisotopic (exact) mass is 439 g/mol. The molecule has 0 saturated heterocycles. The highest BCUT2D eigenvalue weighted by Gasteiger charge is 2.09. The molecular formula is C22H25N5O3S. The summed E-state index contributed by atoms with van der Waals surface area (Å²) in [6.45, 7) is 2.14. The number of carbonyl (C=O) groups is 2. The number of carbonyl (C=O) groups excluding carboxylic acids is 2. The quantitative estimate of drug-likeness (QED) is 0.515. The number of hydrogen-bond acceptors (Lipinski definition) is 6. The number of urea groups is 1. The molecule has 0 unspecified atom stereocenters. The van der Waals surface area contributed by atoms with Crippen molar-refractivity contribution in [2.45, 2.75) is 26.2 Å². The minimum Gasteiger partial charge on any atom is -0.442 e. The van der Waals surface area contributed by atoms with E-state index >= 15 is 0 Å². The van der Waals surface area contributed by atoms with Crippen LogP contribution in [-0.2, 0) is 6.42 Å². The van der Waals surface area contributed by atoms with Crippen LogP contribution in [0.4, 0.5) is 15.6 Å². The van der Waals surface area contributed by atoms with Gasteiger partial charge in [0.25, 0.3) is 5.91 Å². The number of thiazole rings is 1. The molecule has 0 aliphatic rings. The lowest BCUT2D eigenvalue weighted by atomic mass is 10.2. The Morgan fingerprint density at radius 1 is 1.10 bits per heavy atom. The Labute approximate surface area is 185 Å². The van der Waals surface area contributed by atoms with Crippen LogP contribution in [0, 0.1) is 0 Å². The maximum Gasteiger partial charge on any atom is 0.325 e. The molecule has 0 bridgehead atoms. The molecule has 9 heteroatoms. The Hall–Kier alpha value is -3.46. The van der Waals surface area contributed by atoms with Crippen LogP contribution in [-0.4, -0.2) is 40.9 Å². The molecule has 1 aromatic carbocycles. The van der Waals surface area contributed by atoms with Crippen LogP contribution in [0.5, 0.6) is 0 Å². The first-order valence-electron chi connectivity index (χ1n) is 9.93. The van der Waals surface area contributed by atoms with E-state index in [1.54, 1.807) is 56.8 Å². The molecular weight excluding hydrogens is 414 g/mol. The van der Waals surface area contributed by atoms with E-state index < -0.39 is 6.03 Å². The third-order valence-corrected chi connectivity index (χ3v) is 5.16. The highest BCUT2D eigenvalue weighted by atomic mass is 32.1. The number of aromatic nitrogens is 2. The highest BCUT2D eigenvalue weighted by molar-refractivity contribution is 7.16. The van der Waals surface area contributed by atoms with Crippen molar-refractivity contribution >= 4 is 46.2 Å². The summed E-state index contributed by atoms with van der Waals surface area (Å²) in [6.07, 6.45) is 10.1. The molecule has 162 valence electrons. The first-order valence-corrected chi connectivity index (χ1v) is 10.7. The summed E-state index contributed by atoms with van der Waals surface area (Å²) < 4.78 is 5.66. The van der Waals surface area contributed by atoms with Gasteiger partial charge in [-0.3, -0.25) is 10.1 Å². The second kappa shape index (κ2) is 10.5. The van der Waals surface area contributed by atoms with Gasteiger partial charge in [-0.1, -0.05) is 24.7 Å². The lowest BCUT2D eigenvalue weighted by molar-refractivity contribution is 0.0827. The standard InChI is InChI=1S/C22H25N5O3S/c1-4-5-6-17-13-23-19(30-17)12-11-18-14-24-22(31-18)26-21(29)25-16-9-7-15(8-10-16)20(28)27(2)3/h7-14H,4-6H2,1-3H3,(H2,24,25,26,29). The topological polar surface area (TPSA) is 100 Å². The molecule has 31 heavy (non-hydrogen) atoms. The molecule has 0 saturated carbocycles. The van der Waals surface area contributed by atoms with Crippen LogP contribution in [0.15, 0.2) is 41.1 Å². The molecule has 0 spiro atoms. The lowest BCUT2D eigenvalue weighted by Crippen LogP contribution is -2.22. The van der Waals surface area contributed by atoms with Gasteiger partial charge in [0.05, 0.1) is 6.20 Å². The molecule has 3 amide bonds. The molecule has 2 N–H and O–H groups in total. The third kappa shape index (κ3) is 6.51. The van der Waals surface area contributed by atoms with Gasteiger partial charge in [0.15, 0.2) is 5.13 Å². The molecule has 8 nitrogen and oxygen atoms in total. The molecule has 0 fully saturated rings. The smallest absolute Gasteiger partial charge is 0.325 e. The van der Waals surface area contributed by atoms with E-state index in [4.69, 9.17) is 4.42 Å².